The number of nitrogens with zero attached hydrogens (tertiary/aromatic N) is 1. The number of anilines is 1. The van der Waals surface area contributed by atoms with Gasteiger partial charge in [0, 0.05) is 11.5 Å². The fourth-order valence-electron chi connectivity index (χ4n) is 2.56. The molecule has 2 aliphatic rings. The zero-order valence-corrected chi connectivity index (χ0v) is 11.4. The molecule has 4 nitrogen and oxygen atoms in total. The number of aromatic nitrogens is 1. The maximum Gasteiger partial charge on any atom is 0.255 e. The first kappa shape index (κ1) is 12.1. The minimum absolute atomic E-state index is 0.0355. The molecule has 2 atom stereocenters. The Labute approximate surface area is 111 Å². The minimum atomic E-state index is -0.273. The van der Waals surface area contributed by atoms with Crippen LogP contribution in [0.2, 0.25) is 0 Å². The Morgan fingerprint density at radius 3 is 3.17 bits per heavy atom. The van der Waals surface area contributed by atoms with Crippen LogP contribution in [0.4, 0.5) is 5.13 Å². The summed E-state index contributed by atoms with van der Waals surface area (Å²) in [6.45, 7) is 2.97. The summed E-state index contributed by atoms with van der Waals surface area (Å²) in [5, 5.41) is 3.64. The molecule has 2 heterocycles. The van der Waals surface area contributed by atoms with Crippen LogP contribution in [0, 0.1) is 5.92 Å². The predicted octanol–water partition coefficient (Wildman–Crippen LogP) is 2.39. The quantitative estimate of drug-likeness (QED) is 0.894. The summed E-state index contributed by atoms with van der Waals surface area (Å²) in [5.41, 5.74) is 1.18. The van der Waals surface area contributed by atoms with E-state index in [-0.39, 0.29) is 12.0 Å². The number of carbonyl (C=O) groups is 1. The van der Waals surface area contributed by atoms with Gasteiger partial charge < -0.3 is 4.74 Å². The highest BCUT2D eigenvalue weighted by molar-refractivity contribution is 7.15. The van der Waals surface area contributed by atoms with Crippen LogP contribution in [0.15, 0.2) is 0 Å². The molecular weight excluding hydrogens is 248 g/mol. The molecule has 0 spiro atoms. The molecule has 0 unspecified atom stereocenters. The van der Waals surface area contributed by atoms with Crippen LogP contribution in [0.1, 0.15) is 36.8 Å². The van der Waals surface area contributed by atoms with Gasteiger partial charge in [-0.2, -0.15) is 0 Å². The van der Waals surface area contributed by atoms with Gasteiger partial charge in [0.25, 0.3) is 5.91 Å². The average molecular weight is 266 g/mol. The second kappa shape index (κ2) is 4.97. The van der Waals surface area contributed by atoms with Crippen molar-refractivity contribution in [2.24, 2.45) is 5.92 Å². The number of aryl methyl sites for hydroxylation is 1. The molecule has 1 aliphatic heterocycles. The molecule has 1 aromatic rings. The van der Waals surface area contributed by atoms with Crippen molar-refractivity contribution < 1.29 is 9.53 Å². The third-order valence-electron chi connectivity index (χ3n) is 3.64. The lowest BCUT2D eigenvalue weighted by atomic mass is 9.93. The van der Waals surface area contributed by atoms with E-state index in [0.717, 1.165) is 36.7 Å². The van der Waals surface area contributed by atoms with Crippen LogP contribution in [0.3, 0.4) is 0 Å². The van der Waals surface area contributed by atoms with Gasteiger partial charge in [-0.1, -0.05) is 6.92 Å². The maximum absolute atomic E-state index is 11.9. The number of hydrogen-bond donors (Lipinski definition) is 1. The van der Waals surface area contributed by atoms with E-state index in [2.05, 4.69) is 17.2 Å². The van der Waals surface area contributed by atoms with Crippen LogP contribution in [-0.4, -0.2) is 23.6 Å². The van der Waals surface area contributed by atoms with Gasteiger partial charge in [0.15, 0.2) is 5.13 Å². The van der Waals surface area contributed by atoms with Crippen molar-refractivity contribution in [3.8, 4) is 0 Å². The van der Waals surface area contributed by atoms with E-state index in [9.17, 15) is 4.79 Å². The van der Waals surface area contributed by atoms with E-state index < -0.39 is 0 Å². The molecule has 5 heteroatoms. The fourth-order valence-corrected chi connectivity index (χ4v) is 3.74. The largest absolute Gasteiger partial charge is 0.368 e. The highest BCUT2D eigenvalue weighted by Gasteiger charge is 2.25. The monoisotopic (exact) mass is 266 g/mol. The smallest absolute Gasteiger partial charge is 0.255 e. The molecule has 1 saturated heterocycles. The molecule has 1 amide bonds. The Morgan fingerprint density at radius 1 is 1.50 bits per heavy atom. The van der Waals surface area contributed by atoms with Crippen LogP contribution in [0.25, 0.3) is 0 Å². The zero-order valence-electron chi connectivity index (χ0n) is 10.6. The van der Waals surface area contributed by atoms with Gasteiger partial charge in [-0.3, -0.25) is 10.1 Å². The molecule has 18 heavy (non-hydrogen) atoms. The second-order valence-electron chi connectivity index (χ2n) is 5.23. The normalized spacial score (nSPS) is 26.9. The summed E-state index contributed by atoms with van der Waals surface area (Å²) >= 11 is 1.63. The lowest BCUT2D eigenvalue weighted by Crippen LogP contribution is -2.26. The summed E-state index contributed by atoms with van der Waals surface area (Å²) in [6.07, 6.45) is 4.88. The van der Waals surface area contributed by atoms with E-state index in [0.29, 0.717) is 6.61 Å². The van der Waals surface area contributed by atoms with Crippen LogP contribution in [0.5, 0.6) is 0 Å². The Morgan fingerprint density at radius 2 is 2.39 bits per heavy atom. The van der Waals surface area contributed by atoms with Crippen molar-refractivity contribution in [1.29, 1.82) is 0 Å². The molecule has 98 valence electrons. The van der Waals surface area contributed by atoms with E-state index in [4.69, 9.17) is 4.74 Å². The van der Waals surface area contributed by atoms with E-state index in [1.54, 1.807) is 11.3 Å². The maximum atomic E-state index is 11.9. The number of fused-ring (bicyclic) bond motifs is 1. The second-order valence-corrected chi connectivity index (χ2v) is 6.31. The van der Waals surface area contributed by atoms with Crippen molar-refractivity contribution in [2.75, 3.05) is 11.9 Å². The number of carbonyl (C=O) groups excluding carboxylic acids is 1. The third kappa shape index (κ3) is 2.42. The lowest BCUT2D eigenvalue weighted by molar-refractivity contribution is -0.124. The number of amides is 1. The van der Waals surface area contributed by atoms with Crippen LogP contribution >= 0.6 is 11.3 Å². The highest BCUT2D eigenvalue weighted by Crippen LogP contribution is 2.32. The molecule has 1 fully saturated rings. The zero-order chi connectivity index (χ0) is 12.5. The number of thiazole rings is 1. The first-order valence-corrected chi connectivity index (χ1v) is 7.45. The third-order valence-corrected chi connectivity index (χ3v) is 4.67. The highest BCUT2D eigenvalue weighted by atomic mass is 32.1. The standard InChI is InChI=1S/C13H18N2O2S/c1-8-4-5-9-11(7-8)18-13(14-9)15-12(16)10-3-2-6-17-10/h8,10H,2-7H2,1H3,(H,14,15,16)/t8-,10-/m1/s1. The topological polar surface area (TPSA) is 51.2 Å². The first-order valence-electron chi connectivity index (χ1n) is 6.63. The van der Waals surface area contributed by atoms with Crippen LogP contribution < -0.4 is 5.32 Å². The van der Waals surface area contributed by atoms with Crippen molar-refractivity contribution in [2.45, 2.75) is 45.1 Å². The van der Waals surface area contributed by atoms with E-state index in [1.807, 2.05) is 0 Å². The molecule has 0 aromatic carbocycles. The molecule has 0 bridgehead atoms. The van der Waals surface area contributed by atoms with Gasteiger partial charge >= 0.3 is 0 Å². The molecule has 3 rings (SSSR count). The summed E-state index contributed by atoms with van der Waals surface area (Å²) in [7, 11) is 0. The van der Waals surface area contributed by atoms with Crippen molar-refractivity contribution in [3.63, 3.8) is 0 Å². The molecule has 0 saturated carbocycles. The van der Waals surface area contributed by atoms with Crippen molar-refractivity contribution in [3.05, 3.63) is 10.6 Å². The first-order chi connectivity index (χ1) is 8.72. The van der Waals surface area contributed by atoms with E-state index in [1.165, 1.54) is 17.0 Å². The summed E-state index contributed by atoms with van der Waals surface area (Å²) in [6, 6.07) is 0. The Balaban J connectivity index is 1.68. The van der Waals surface area contributed by atoms with Crippen molar-refractivity contribution in [1.82, 2.24) is 4.98 Å². The minimum Gasteiger partial charge on any atom is -0.368 e. The van der Waals surface area contributed by atoms with Crippen LogP contribution in [-0.2, 0) is 22.4 Å². The van der Waals surface area contributed by atoms with Crippen molar-refractivity contribution >= 4 is 22.4 Å². The number of hydrogen-bond acceptors (Lipinski definition) is 4. The summed E-state index contributed by atoms with van der Waals surface area (Å²) in [5.74, 6) is 0.700. The SMILES string of the molecule is C[C@@H]1CCc2nc(NC(=O)[C@H]3CCCO3)sc2C1. The van der Waals surface area contributed by atoms with Gasteiger partial charge in [-0.05, 0) is 38.0 Å². The van der Waals surface area contributed by atoms with E-state index >= 15 is 0 Å². The summed E-state index contributed by atoms with van der Waals surface area (Å²) < 4.78 is 5.37. The average Bonchev–Trinajstić information content (AvgIpc) is 2.95. The molecule has 1 aliphatic carbocycles. The fraction of sp³-hybridized carbons (Fsp3) is 0.692. The number of rotatable bonds is 2. The molecule has 0 radical (unpaired) electrons. The predicted molar refractivity (Wildman–Crippen MR) is 70.9 cm³/mol. The lowest BCUT2D eigenvalue weighted by Gasteiger charge is -2.15. The molecule has 1 N–H and O–H groups in total. The molecule has 1 aromatic heterocycles. The molecular formula is C13H18N2O2S. The number of nitrogens with one attached hydrogen (secondary N) is 1. The number of ether oxygens (including phenoxy) is 1. The Hall–Kier alpha value is -0.940. The van der Waals surface area contributed by atoms with Gasteiger partial charge in [-0.15, -0.1) is 11.3 Å². The Kier molecular flexibility index (Phi) is 3.35. The van der Waals surface area contributed by atoms with Gasteiger partial charge in [0.05, 0.1) is 5.69 Å². The van der Waals surface area contributed by atoms with Gasteiger partial charge in [0.2, 0.25) is 0 Å². The van der Waals surface area contributed by atoms with Gasteiger partial charge in [-0.25, -0.2) is 4.98 Å². The summed E-state index contributed by atoms with van der Waals surface area (Å²) in [4.78, 5) is 17.8. The Bertz CT molecular complexity index is 452. The van der Waals surface area contributed by atoms with Gasteiger partial charge in [0.1, 0.15) is 6.10 Å².